The topological polar surface area (TPSA) is 26.3 Å². The first-order valence-electron chi connectivity index (χ1n) is 6.21. The van der Waals surface area contributed by atoms with E-state index in [-0.39, 0.29) is 5.97 Å². The fourth-order valence-corrected chi connectivity index (χ4v) is 2.50. The lowest BCUT2D eigenvalue weighted by atomic mass is 9.98. The highest BCUT2D eigenvalue weighted by Crippen LogP contribution is 2.28. The van der Waals surface area contributed by atoms with Gasteiger partial charge in [-0.05, 0) is 46.2 Å². The zero-order chi connectivity index (χ0) is 13.4. The van der Waals surface area contributed by atoms with E-state index in [0.717, 1.165) is 10.8 Å². The fourth-order valence-electron chi connectivity index (χ4n) is 2.50. The van der Waals surface area contributed by atoms with Crippen LogP contribution in [0.5, 0.6) is 0 Å². The Morgan fingerprint density at radius 1 is 0.947 bits per heavy atom. The molecule has 3 rings (SSSR count). The number of benzene rings is 3. The third-order valence-corrected chi connectivity index (χ3v) is 3.52. The molecule has 0 aliphatic heterocycles. The maximum atomic E-state index is 11.6. The van der Waals surface area contributed by atoms with Gasteiger partial charge in [0, 0.05) is 0 Å². The highest BCUT2D eigenvalue weighted by molar-refractivity contribution is 6.09. The van der Waals surface area contributed by atoms with E-state index in [1.807, 2.05) is 18.2 Å². The van der Waals surface area contributed by atoms with E-state index in [0.29, 0.717) is 5.56 Å². The van der Waals surface area contributed by atoms with Gasteiger partial charge in [-0.1, -0.05) is 36.4 Å². The predicted molar refractivity (Wildman–Crippen MR) is 77.5 cm³/mol. The molecule has 0 heterocycles. The quantitative estimate of drug-likeness (QED) is 0.480. The molecule has 0 saturated heterocycles. The van der Waals surface area contributed by atoms with Gasteiger partial charge in [0.1, 0.15) is 0 Å². The van der Waals surface area contributed by atoms with Crippen LogP contribution >= 0.6 is 0 Å². The summed E-state index contributed by atoms with van der Waals surface area (Å²) in [5.74, 6) is -0.300. The first kappa shape index (κ1) is 11.7. The molecule has 2 heteroatoms. The summed E-state index contributed by atoms with van der Waals surface area (Å²) in [5.41, 5.74) is 1.85. The Kier molecular flexibility index (Phi) is 2.71. The molecule has 0 saturated carbocycles. The minimum atomic E-state index is -0.300. The van der Waals surface area contributed by atoms with Crippen LogP contribution in [-0.4, -0.2) is 13.1 Å². The molecule has 2 nitrogen and oxygen atoms in total. The molecule has 94 valence electrons. The van der Waals surface area contributed by atoms with Crippen molar-refractivity contribution >= 4 is 27.5 Å². The molecule has 0 fully saturated rings. The predicted octanol–water partition coefficient (Wildman–Crippen LogP) is 4.09. The van der Waals surface area contributed by atoms with Crippen molar-refractivity contribution < 1.29 is 9.53 Å². The van der Waals surface area contributed by atoms with Crippen LogP contribution in [-0.2, 0) is 4.74 Å². The number of ether oxygens (including phenoxy) is 1. The van der Waals surface area contributed by atoms with Crippen LogP contribution in [0, 0.1) is 6.92 Å². The van der Waals surface area contributed by atoms with Gasteiger partial charge in [0.15, 0.2) is 0 Å². The zero-order valence-corrected chi connectivity index (χ0v) is 10.9. The SMILES string of the molecule is COC(=O)c1ccc2c(ccc3c(C)cccc32)c1. The molecular weight excluding hydrogens is 236 g/mol. The number of hydrogen-bond acceptors (Lipinski definition) is 2. The van der Waals surface area contributed by atoms with Crippen molar-refractivity contribution in [3.05, 3.63) is 59.7 Å². The molecule has 3 aromatic carbocycles. The molecule has 0 aliphatic rings. The maximum absolute atomic E-state index is 11.6. The molecule has 0 amide bonds. The molecule has 0 atom stereocenters. The number of methoxy groups -OCH3 is 1. The third kappa shape index (κ3) is 1.85. The summed E-state index contributed by atoms with van der Waals surface area (Å²) >= 11 is 0. The van der Waals surface area contributed by atoms with E-state index >= 15 is 0 Å². The second-order valence-corrected chi connectivity index (χ2v) is 4.66. The first-order chi connectivity index (χ1) is 9.20. The average Bonchev–Trinajstić information content (AvgIpc) is 2.46. The molecule has 0 aromatic heterocycles. The summed E-state index contributed by atoms with van der Waals surface area (Å²) in [7, 11) is 1.40. The average molecular weight is 250 g/mol. The molecule has 0 unspecified atom stereocenters. The van der Waals surface area contributed by atoms with Crippen molar-refractivity contribution in [1.29, 1.82) is 0 Å². The second kappa shape index (κ2) is 4.39. The van der Waals surface area contributed by atoms with Gasteiger partial charge in [-0.25, -0.2) is 4.79 Å². The Bertz CT molecular complexity index is 788. The molecule has 0 spiro atoms. The Labute approximate surface area is 111 Å². The van der Waals surface area contributed by atoms with Crippen LogP contribution in [0.4, 0.5) is 0 Å². The summed E-state index contributed by atoms with van der Waals surface area (Å²) in [5, 5.41) is 4.68. The van der Waals surface area contributed by atoms with E-state index in [1.165, 1.54) is 23.4 Å². The standard InChI is InChI=1S/C17H14O2/c1-11-4-3-5-16-14(11)8-6-12-10-13(17(18)19-2)7-9-15(12)16/h3-10H,1-2H3. The Morgan fingerprint density at radius 2 is 1.74 bits per heavy atom. The molecule has 3 aromatic rings. The summed E-state index contributed by atoms with van der Waals surface area (Å²) in [6.07, 6.45) is 0. The fraction of sp³-hybridized carbons (Fsp3) is 0.118. The van der Waals surface area contributed by atoms with E-state index in [2.05, 4.69) is 37.3 Å². The Balaban J connectivity index is 2.33. The van der Waals surface area contributed by atoms with Crippen molar-refractivity contribution in [3.63, 3.8) is 0 Å². The van der Waals surface area contributed by atoms with Gasteiger partial charge >= 0.3 is 5.97 Å². The molecule has 0 N–H and O–H groups in total. The third-order valence-electron chi connectivity index (χ3n) is 3.52. The normalized spacial score (nSPS) is 10.8. The van der Waals surface area contributed by atoms with Crippen LogP contribution in [0.25, 0.3) is 21.5 Å². The van der Waals surface area contributed by atoms with Gasteiger partial charge in [0.25, 0.3) is 0 Å². The van der Waals surface area contributed by atoms with E-state index < -0.39 is 0 Å². The van der Waals surface area contributed by atoms with Crippen molar-refractivity contribution in [2.75, 3.05) is 7.11 Å². The van der Waals surface area contributed by atoms with Crippen molar-refractivity contribution in [2.24, 2.45) is 0 Å². The van der Waals surface area contributed by atoms with Gasteiger partial charge in [0.2, 0.25) is 0 Å². The number of carbonyl (C=O) groups is 1. The number of esters is 1. The summed E-state index contributed by atoms with van der Waals surface area (Å²) in [6, 6.07) is 16.1. The second-order valence-electron chi connectivity index (χ2n) is 4.66. The van der Waals surface area contributed by atoms with Crippen LogP contribution < -0.4 is 0 Å². The molecule has 0 radical (unpaired) electrons. The van der Waals surface area contributed by atoms with Crippen LogP contribution in [0.15, 0.2) is 48.5 Å². The lowest BCUT2D eigenvalue weighted by Crippen LogP contribution is -2.00. The minimum absolute atomic E-state index is 0.300. The van der Waals surface area contributed by atoms with Gasteiger partial charge in [-0.2, -0.15) is 0 Å². The van der Waals surface area contributed by atoms with Gasteiger partial charge in [0.05, 0.1) is 12.7 Å². The van der Waals surface area contributed by atoms with E-state index in [9.17, 15) is 4.79 Å². The van der Waals surface area contributed by atoms with Crippen molar-refractivity contribution in [1.82, 2.24) is 0 Å². The largest absolute Gasteiger partial charge is 0.465 e. The summed E-state index contributed by atoms with van der Waals surface area (Å²) in [6.45, 7) is 2.11. The number of aryl methyl sites for hydroxylation is 1. The highest BCUT2D eigenvalue weighted by Gasteiger charge is 2.08. The number of hydrogen-bond donors (Lipinski definition) is 0. The number of fused-ring (bicyclic) bond motifs is 3. The van der Waals surface area contributed by atoms with Crippen LogP contribution in [0.2, 0.25) is 0 Å². The van der Waals surface area contributed by atoms with Crippen molar-refractivity contribution in [2.45, 2.75) is 6.92 Å². The summed E-state index contributed by atoms with van der Waals surface area (Å²) < 4.78 is 4.75. The smallest absolute Gasteiger partial charge is 0.337 e. The van der Waals surface area contributed by atoms with Gasteiger partial charge in [-0.3, -0.25) is 0 Å². The molecular formula is C17H14O2. The number of rotatable bonds is 1. The maximum Gasteiger partial charge on any atom is 0.337 e. The number of carbonyl (C=O) groups excluding carboxylic acids is 1. The lowest BCUT2D eigenvalue weighted by molar-refractivity contribution is 0.0601. The van der Waals surface area contributed by atoms with Crippen LogP contribution in [0.3, 0.4) is 0 Å². The molecule has 19 heavy (non-hydrogen) atoms. The van der Waals surface area contributed by atoms with Crippen molar-refractivity contribution in [3.8, 4) is 0 Å². The van der Waals surface area contributed by atoms with Gasteiger partial charge < -0.3 is 4.74 Å². The minimum Gasteiger partial charge on any atom is -0.465 e. The Hall–Kier alpha value is -2.35. The molecule has 0 aliphatic carbocycles. The Morgan fingerprint density at radius 3 is 2.53 bits per heavy atom. The highest BCUT2D eigenvalue weighted by atomic mass is 16.5. The summed E-state index contributed by atoms with van der Waals surface area (Å²) in [4.78, 5) is 11.6. The monoisotopic (exact) mass is 250 g/mol. The zero-order valence-electron chi connectivity index (χ0n) is 10.9. The van der Waals surface area contributed by atoms with E-state index in [1.54, 1.807) is 0 Å². The van der Waals surface area contributed by atoms with Gasteiger partial charge in [-0.15, -0.1) is 0 Å². The van der Waals surface area contributed by atoms with E-state index in [4.69, 9.17) is 4.74 Å². The van der Waals surface area contributed by atoms with Crippen LogP contribution in [0.1, 0.15) is 15.9 Å². The first-order valence-corrected chi connectivity index (χ1v) is 6.21. The molecule has 0 bridgehead atoms. The lowest BCUT2D eigenvalue weighted by Gasteiger charge is -2.07.